The van der Waals surface area contributed by atoms with Crippen LogP contribution in [0.15, 0.2) is 97.1 Å². The van der Waals surface area contributed by atoms with E-state index in [1.165, 1.54) is 30.3 Å². The first kappa shape index (κ1) is 26.7. The number of nitro benzene ring substituents is 1. The van der Waals surface area contributed by atoms with Gasteiger partial charge < -0.3 is 0 Å². The highest BCUT2D eigenvalue weighted by atomic mass is 35.5. The molecule has 2 atom stereocenters. The summed E-state index contributed by atoms with van der Waals surface area (Å²) in [6, 6.07) is 26.7. The summed E-state index contributed by atoms with van der Waals surface area (Å²) < 4.78 is 0. The third-order valence-electron chi connectivity index (χ3n) is 8.68. The third-order valence-corrected chi connectivity index (χ3v) is 9.01. The molecule has 1 aliphatic heterocycles. The van der Waals surface area contributed by atoms with Crippen molar-refractivity contribution in [3.05, 3.63) is 146 Å². The summed E-state index contributed by atoms with van der Waals surface area (Å²) in [5.74, 6) is -5.04. The molecule has 9 nitrogen and oxygen atoms in total. The summed E-state index contributed by atoms with van der Waals surface area (Å²) >= 11 is 6.36. The largest absolute Gasteiger partial charge is 0.292 e. The van der Waals surface area contributed by atoms with Crippen LogP contribution in [0.25, 0.3) is 0 Å². The van der Waals surface area contributed by atoms with E-state index in [4.69, 9.17) is 11.6 Å². The van der Waals surface area contributed by atoms with Crippen LogP contribution in [0.4, 0.5) is 5.69 Å². The van der Waals surface area contributed by atoms with Gasteiger partial charge in [0, 0.05) is 29.5 Å². The van der Waals surface area contributed by atoms with Gasteiger partial charge in [0.2, 0.25) is 0 Å². The average Bonchev–Trinajstić information content (AvgIpc) is 3.29. The smallest absolute Gasteiger partial charge is 0.274 e. The second-order valence-corrected chi connectivity index (χ2v) is 11.2. The Hall–Kier alpha value is -5.15. The van der Waals surface area contributed by atoms with E-state index >= 15 is 0 Å². The molecule has 0 saturated carbocycles. The highest BCUT2D eigenvalue weighted by Crippen LogP contribution is 2.61. The number of hydrogen-bond acceptors (Lipinski definition) is 6. The van der Waals surface area contributed by atoms with Crippen molar-refractivity contribution in [2.75, 3.05) is 6.54 Å². The van der Waals surface area contributed by atoms with E-state index in [1.807, 2.05) is 48.5 Å². The molecule has 8 rings (SSSR count). The fourth-order valence-electron chi connectivity index (χ4n) is 6.93. The summed E-state index contributed by atoms with van der Waals surface area (Å²) in [7, 11) is 0. The maximum absolute atomic E-state index is 14.4. The Kier molecular flexibility index (Phi) is 6.21. The van der Waals surface area contributed by atoms with Crippen molar-refractivity contribution < 1.29 is 24.1 Å². The van der Waals surface area contributed by atoms with Crippen molar-refractivity contribution >= 4 is 40.8 Å². The molecule has 10 heteroatoms. The molecule has 2 bridgehead atoms. The zero-order chi connectivity index (χ0) is 30.0. The van der Waals surface area contributed by atoms with E-state index in [2.05, 4.69) is 0 Å². The number of amides is 3. The zero-order valence-electron chi connectivity index (χ0n) is 22.4. The van der Waals surface area contributed by atoms with Crippen LogP contribution in [-0.2, 0) is 9.59 Å². The number of non-ortho nitro benzene ring substituents is 1. The third kappa shape index (κ3) is 3.99. The molecule has 3 aliphatic carbocycles. The van der Waals surface area contributed by atoms with Gasteiger partial charge in [0.05, 0.1) is 27.3 Å². The first-order chi connectivity index (χ1) is 20.8. The van der Waals surface area contributed by atoms with Crippen molar-refractivity contribution in [3.63, 3.8) is 0 Å². The lowest BCUT2D eigenvalue weighted by Crippen LogP contribution is -2.52. The number of carbonyl (C=O) groups is 4. The minimum Gasteiger partial charge on any atom is -0.292 e. The van der Waals surface area contributed by atoms with Gasteiger partial charge >= 0.3 is 0 Å². The maximum Gasteiger partial charge on any atom is 0.274 e. The maximum atomic E-state index is 14.4. The van der Waals surface area contributed by atoms with Crippen molar-refractivity contribution in [1.82, 2.24) is 10.0 Å². The SMILES string of the molecule is O=C(CN(C(=O)c1ccccc1Cl)N1C(=O)[C@@H]2C3c4ccccc4C(c4ccccc43)[C@@H]2C1=O)c1cccc([N+](=O)[O-])c1. The lowest BCUT2D eigenvalue weighted by molar-refractivity contribution is -0.384. The second-order valence-electron chi connectivity index (χ2n) is 10.8. The van der Waals surface area contributed by atoms with Crippen LogP contribution in [0.5, 0.6) is 0 Å². The molecule has 3 amide bonds. The fraction of sp³-hybridized carbons (Fsp3) is 0.152. The number of halogens is 1. The van der Waals surface area contributed by atoms with Crippen LogP contribution in [0.2, 0.25) is 5.02 Å². The zero-order valence-corrected chi connectivity index (χ0v) is 23.2. The van der Waals surface area contributed by atoms with Crippen LogP contribution in [0.1, 0.15) is 54.8 Å². The number of nitro groups is 1. The number of imide groups is 1. The van der Waals surface area contributed by atoms with Gasteiger partial charge in [-0.25, -0.2) is 5.01 Å². The van der Waals surface area contributed by atoms with Gasteiger partial charge in [-0.05, 0) is 34.4 Å². The van der Waals surface area contributed by atoms with Crippen LogP contribution in [-0.4, -0.2) is 45.0 Å². The van der Waals surface area contributed by atoms with Gasteiger partial charge in [-0.2, -0.15) is 5.01 Å². The normalized spacial score (nSPS) is 21.2. The van der Waals surface area contributed by atoms with Gasteiger partial charge in [0.1, 0.15) is 6.54 Å². The van der Waals surface area contributed by atoms with Crippen molar-refractivity contribution in [3.8, 4) is 0 Å². The molecule has 0 unspecified atom stereocenters. The molecular weight excluding hydrogens is 570 g/mol. The summed E-state index contributed by atoms with van der Waals surface area (Å²) in [6.07, 6.45) is 0. The van der Waals surface area contributed by atoms with Crippen LogP contribution >= 0.6 is 11.6 Å². The van der Waals surface area contributed by atoms with E-state index in [-0.39, 0.29) is 21.8 Å². The van der Waals surface area contributed by atoms with E-state index in [1.54, 1.807) is 12.1 Å². The molecule has 0 spiro atoms. The Morgan fingerprint density at radius 3 is 1.79 bits per heavy atom. The van der Waals surface area contributed by atoms with Crippen LogP contribution < -0.4 is 0 Å². The first-order valence-electron chi connectivity index (χ1n) is 13.7. The standard InChI is InChI=1S/C33H22ClN3O6/c34-25-15-6-5-14-24(25)31(39)35(17-26(38)18-8-7-9-19(16-18)37(42)43)36-32(40)29-27-20-10-1-2-11-21(20)28(30(29)33(36)41)23-13-4-3-12-22(23)27/h1-16,27-30H,17H2/t27?,28?,29-,30+. The number of Topliss-reactive ketones (excluding diaryl/α,β-unsaturated/α-hetero) is 1. The molecule has 1 heterocycles. The highest BCUT2D eigenvalue weighted by Gasteiger charge is 2.63. The summed E-state index contributed by atoms with van der Waals surface area (Å²) in [4.78, 5) is 67.0. The monoisotopic (exact) mass is 591 g/mol. The number of nitrogens with zero attached hydrogens (tertiary/aromatic N) is 3. The molecule has 212 valence electrons. The highest BCUT2D eigenvalue weighted by molar-refractivity contribution is 6.34. The second kappa shape index (κ2) is 9.99. The quantitative estimate of drug-likeness (QED) is 0.129. The van der Waals surface area contributed by atoms with Gasteiger partial charge in [-0.3, -0.25) is 29.3 Å². The Balaban J connectivity index is 1.33. The van der Waals surface area contributed by atoms with Gasteiger partial charge in [-0.1, -0.05) is 84.4 Å². The Labute approximate surface area is 250 Å². The number of hydrogen-bond donors (Lipinski definition) is 0. The topological polar surface area (TPSA) is 118 Å². The number of carbonyl (C=O) groups excluding carboxylic acids is 4. The molecule has 0 radical (unpaired) electrons. The Morgan fingerprint density at radius 2 is 1.28 bits per heavy atom. The first-order valence-corrected chi connectivity index (χ1v) is 14.0. The molecular formula is C33H22ClN3O6. The summed E-state index contributed by atoms with van der Waals surface area (Å²) in [5.41, 5.74) is 3.52. The number of benzene rings is 4. The molecule has 4 aliphatic rings. The number of hydrazine groups is 1. The molecule has 4 aromatic rings. The molecule has 0 aromatic heterocycles. The van der Waals surface area contributed by atoms with E-state index < -0.39 is 58.6 Å². The van der Waals surface area contributed by atoms with Crippen LogP contribution in [0.3, 0.4) is 0 Å². The molecule has 4 aromatic carbocycles. The predicted molar refractivity (Wildman–Crippen MR) is 155 cm³/mol. The molecule has 1 saturated heterocycles. The molecule has 0 N–H and O–H groups in total. The van der Waals surface area contributed by atoms with Crippen molar-refractivity contribution in [2.45, 2.75) is 11.8 Å². The minimum atomic E-state index is -0.813. The lowest BCUT2D eigenvalue weighted by Gasteiger charge is -2.45. The van der Waals surface area contributed by atoms with Crippen LogP contribution in [0, 0.1) is 22.0 Å². The predicted octanol–water partition coefficient (Wildman–Crippen LogP) is 5.38. The van der Waals surface area contributed by atoms with E-state index in [0.717, 1.165) is 38.3 Å². The lowest BCUT2D eigenvalue weighted by atomic mass is 9.55. The number of rotatable bonds is 6. The fourth-order valence-corrected chi connectivity index (χ4v) is 7.14. The Morgan fingerprint density at radius 1 is 0.767 bits per heavy atom. The van der Waals surface area contributed by atoms with E-state index in [9.17, 15) is 29.3 Å². The number of ketones is 1. The minimum absolute atomic E-state index is 0.000949. The average molecular weight is 592 g/mol. The van der Waals surface area contributed by atoms with Gasteiger partial charge in [0.25, 0.3) is 23.4 Å². The van der Waals surface area contributed by atoms with Crippen molar-refractivity contribution in [1.29, 1.82) is 0 Å². The Bertz CT molecular complexity index is 1770. The van der Waals surface area contributed by atoms with Gasteiger partial charge in [0.15, 0.2) is 5.78 Å². The van der Waals surface area contributed by atoms with Crippen molar-refractivity contribution in [2.24, 2.45) is 11.8 Å². The summed E-state index contributed by atoms with van der Waals surface area (Å²) in [6.45, 7) is -0.711. The summed E-state index contributed by atoms with van der Waals surface area (Å²) in [5, 5.41) is 13.1. The van der Waals surface area contributed by atoms with E-state index in [0.29, 0.717) is 0 Å². The molecule has 1 fully saturated rings. The molecule has 43 heavy (non-hydrogen) atoms. The van der Waals surface area contributed by atoms with Gasteiger partial charge in [-0.15, -0.1) is 0 Å².